The van der Waals surface area contributed by atoms with E-state index >= 15 is 0 Å². The van der Waals surface area contributed by atoms with Crippen LogP contribution in [0.1, 0.15) is 27.0 Å². The molecule has 0 fully saturated rings. The molecule has 1 heterocycles. The first kappa shape index (κ1) is 13.6. The number of hydrogen-bond acceptors (Lipinski definition) is 1. The normalized spacial score (nSPS) is 11.0. The minimum absolute atomic E-state index is 0.0381. The summed E-state index contributed by atoms with van der Waals surface area (Å²) < 4.78 is 13.2. The van der Waals surface area contributed by atoms with Crippen LogP contribution in [0.15, 0.2) is 42.6 Å². The summed E-state index contributed by atoms with van der Waals surface area (Å²) in [5, 5.41) is 0.769. The highest BCUT2D eigenvalue weighted by Crippen LogP contribution is 2.21. The maximum atomic E-state index is 13.2. The largest absolute Gasteiger partial charge is 0.360 e. The average molecular weight is 281 g/mol. The number of rotatable bonds is 3. The number of aromatic amines is 1. The van der Waals surface area contributed by atoms with Gasteiger partial charge in [-0.25, -0.2) is 4.39 Å². The third-order valence-electron chi connectivity index (χ3n) is 3.88. The molecule has 0 spiro atoms. The molecule has 0 aliphatic carbocycles. The van der Waals surface area contributed by atoms with Crippen LogP contribution in [-0.2, 0) is 6.42 Å². The van der Waals surface area contributed by atoms with Crippen LogP contribution in [0.4, 0.5) is 4.39 Å². The molecule has 0 unspecified atom stereocenters. The van der Waals surface area contributed by atoms with E-state index in [9.17, 15) is 9.18 Å². The van der Waals surface area contributed by atoms with Gasteiger partial charge in [-0.1, -0.05) is 18.2 Å². The van der Waals surface area contributed by atoms with E-state index in [4.69, 9.17) is 0 Å². The topological polar surface area (TPSA) is 32.9 Å². The fourth-order valence-corrected chi connectivity index (χ4v) is 2.52. The van der Waals surface area contributed by atoms with Gasteiger partial charge in [0.1, 0.15) is 5.82 Å². The Morgan fingerprint density at radius 1 is 1.10 bits per heavy atom. The minimum Gasteiger partial charge on any atom is -0.360 e. The fourth-order valence-electron chi connectivity index (χ4n) is 2.52. The summed E-state index contributed by atoms with van der Waals surface area (Å²) in [5.41, 5.74) is 4.66. The van der Waals surface area contributed by atoms with Crippen molar-refractivity contribution >= 4 is 16.7 Å². The number of benzene rings is 2. The molecule has 0 bridgehead atoms. The summed E-state index contributed by atoms with van der Waals surface area (Å²) in [4.78, 5) is 15.4. The lowest BCUT2D eigenvalue weighted by atomic mass is 9.99. The van der Waals surface area contributed by atoms with Crippen molar-refractivity contribution in [1.82, 2.24) is 4.98 Å². The minimum atomic E-state index is -0.308. The van der Waals surface area contributed by atoms with Gasteiger partial charge in [0.2, 0.25) is 0 Å². The summed E-state index contributed by atoms with van der Waals surface area (Å²) in [6.07, 6.45) is 2.01. The van der Waals surface area contributed by atoms with E-state index in [1.807, 2.05) is 25.1 Å². The Bertz CT molecular complexity index is 832. The molecule has 0 saturated carbocycles. The predicted octanol–water partition coefficient (Wildman–Crippen LogP) is 4.35. The van der Waals surface area contributed by atoms with Crippen LogP contribution in [0.2, 0.25) is 0 Å². The molecule has 106 valence electrons. The third-order valence-corrected chi connectivity index (χ3v) is 3.88. The van der Waals surface area contributed by atoms with Crippen LogP contribution in [-0.4, -0.2) is 10.8 Å². The molecular weight excluding hydrogens is 265 g/mol. The van der Waals surface area contributed by atoms with Crippen molar-refractivity contribution < 1.29 is 9.18 Å². The molecular formula is C18H16FNO. The molecule has 0 saturated heterocycles. The molecule has 0 atom stereocenters. The summed E-state index contributed by atoms with van der Waals surface area (Å²) in [5.74, 6) is -0.270. The van der Waals surface area contributed by atoms with Crippen molar-refractivity contribution in [2.24, 2.45) is 0 Å². The van der Waals surface area contributed by atoms with E-state index in [-0.39, 0.29) is 11.6 Å². The number of nitrogens with one attached hydrogen (secondary N) is 1. The lowest BCUT2D eigenvalue weighted by Crippen LogP contribution is -2.03. The number of H-pyrrole nitrogens is 1. The van der Waals surface area contributed by atoms with Gasteiger partial charge < -0.3 is 4.98 Å². The summed E-state index contributed by atoms with van der Waals surface area (Å²) in [6.45, 7) is 4.09. The summed E-state index contributed by atoms with van der Waals surface area (Å²) in [6, 6.07) is 10.5. The van der Waals surface area contributed by atoms with E-state index in [0.29, 0.717) is 17.5 Å². The molecule has 0 amide bonds. The lowest BCUT2D eigenvalue weighted by molar-refractivity contribution is 0.0994. The maximum absolute atomic E-state index is 13.2. The number of carbonyl (C=O) groups excluding carboxylic acids is 1. The van der Waals surface area contributed by atoms with Gasteiger partial charge in [0, 0.05) is 29.1 Å². The number of fused-ring (bicyclic) bond motifs is 1. The Morgan fingerprint density at radius 2 is 1.90 bits per heavy atom. The molecule has 0 aliphatic heterocycles. The van der Waals surface area contributed by atoms with Gasteiger partial charge >= 0.3 is 0 Å². The average Bonchev–Trinajstić information content (AvgIpc) is 2.85. The van der Waals surface area contributed by atoms with Gasteiger partial charge in [-0.2, -0.15) is 0 Å². The molecule has 3 aromatic rings. The predicted molar refractivity (Wildman–Crippen MR) is 82.2 cm³/mol. The quantitative estimate of drug-likeness (QED) is 0.711. The van der Waals surface area contributed by atoms with E-state index in [2.05, 4.69) is 11.9 Å². The van der Waals surface area contributed by atoms with Gasteiger partial charge in [0.05, 0.1) is 0 Å². The second-order valence-electron chi connectivity index (χ2n) is 5.41. The van der Waals surface area contributed by atoms with Crippen LogP contribution in [0, 0.1) is 19.7 Å². The smallest absolute Gasteiger partial charge is 0.169 e. The van der Waals surface area contributed by atoms with Crippen LogP contribution in [0.25, 0.3) is 10.9 Å². The summed E-state index contributed by atoms with van der Waals surface area (Å²) >= 11 is 0. The van der Waals surface area contributed by atoms with Crippen LogP contribution in [0.3, 0.4) is 0 Å². The highest BCUT2D eigenvalue weighted by atomic mass is 19.1. The Morgan fingerprint density at radius 3 is 2.67 bits per heavy atom. The number of Topliss-reactive ketones (excluding diaryl/α,β-unsaturated/α-hetero) is 1. The van der Waals surface area contributed by atoms with E-state index < -0.39 is 0 Å². The zero-order valence-corrected chi connectivity index (χ0v) is 12.0. The monoisotopic (exact) mass is 281 g/mol. The molecule has 3 heteroatoms. The van der Waals surface area contributed by atoms with Crippen molar-refractivity contribution in [3.8, 4) is 0 Å². The highest BCUT2D eigenvalue weighted by molar-refractivity contribution is 6.08. The molecule has 1 N–H and O–H groups in total. The number of aromatic nitrogens is 1. The number of hydrogen-bond donors (Lipinski definition) is 1. The zero-order chi connectivity index (χ0) is 15.0. The molecule has 0 radical (unpaired) electrons. The Labute approximate surface area is 122 Å². The van der Waals surface area contributed by atoms with E-state index in [1.165, 1.54) is 23.3 Å². The second kappa shape index (κ2) is 5.17. The molecule has 2 aromatic carbocycles. The van der Waals surface area contributed by atoms with Crippen molar-refractivity contribution in [2.45, 2.75) is 20.3 Å². The standard InChI is InChI=1S/C18H16FNO/c1-11-3-4-13(7-12(11)2)8-18(21)16-10-20-17-9-14(19)5-6-15(16)17/h3-7,9-10,20H,8H2,1-2H3. The number of ketones is 1. The van der Waals surface area contributed by atoms with E-state index in [1.54, 1.807) is 12.3 Å². The lowest BCUT2D eigenvalue weighted by Gasteiger charge is -2.04. The Kier molecular flexibility index (Phi) is 3.34. The van der Waals surface area contributed by atoms with Gasteiger partial charge in [-0.3, -0.25) is 4.79 Å². The SMILES string of the molecule is Cc1ccc(CC(=O)c2c[nH]c3cc(F)ccc23)cc1C. The van der Waals surface area contributed by atoms with Crippen LogP contribution >= 0.6 is 0 Å². The maximum Gasteiger partial charge on any atom is 0.169 e. The van der Waals surface area contributed by atoms with Crippen LogP contribution < -0.4 is 0 Å². The molecule has 2 nitrogen and oxygen atoms in total. The first-order valence-corrected chi connectivity index (χ1v) is 6.90. The first-order valence-electron chi connectivity index (χ1n) is 6.90. The van der Waals surface area contributed by atoms with Gasteiger partial charge in [0.15, 0.2) is 5.78 Å². The number of aryl methyl sites for hydroxylation is 2. The molecule has 3 rings (SSSR count). The van der Waals surface area contributed by atoms with Crippen molar-refractivity contribution in [3.05, 3.63) is 70.7 Å². The molecule has 21 heavy (non-hydrogen) atoms. The van der Waals surface area contributed by atoms with Crippen LogP contribution in [0.5, 0.6) is 0 Å². The van der Waals surface area contributed by atoms with E-state index in [0.717, 1.165) is 10.9 Å². The molecule has 1 aromatic heterocycles. The zero-order valence-electron chi connectivity index (χ0n) is 12.0. The van der Waals surface area contributed by atoms with Crippen molar-refractivity contribution in [3.63, 3.8) is 0 Å². The van der Waals surface area contributed by atoms with Crippen molar-refractivity contribution in [1.29, 1.82) is 0 Å². The van der Waals surface area contributed by atoms with Gasteiger partial charge in [0.25, 0.3) is 0 Å². The molecule has 0 aliphatic rings. The summed E-state index contributed by atoms with van der Waals surface area (Å²) in [7, 11) is 0. The Hall–Kier alpha value is -2.42. The third kappa shape index (κ3) is 2.59. The van der Waals surface area contributed by atoms with Gasteiger partial charge in [-0.15, -0.1) is 0 Å². The Balaban J connectivity index is 1.91. The number of carbonyl (C=O) groups is 1. The van der Waals surface area contributed by atoms with Gasteiger partial charge in [-0.05, 0) is 48.7 Å². The fraction of sp³-hybridized carbons (Fsp3) is 0.167. The number of halogens is 1. The first-order chi connectivity index (χ1) is 10.0. The highest BCUT2D eigenvalue weighted by Gasteiger charge is 2.13. The second-order valence-corrected chi connectivity index (χ2v) is 5.41. The van der Waals surface area contributed by atoms with Crippen molar-refractivity contribution in [2.75, 3.05) is 0 Å².